The van der Waals surface area contributed by atoms with E-state index in [0.717, 1.165) is 28.8 Å². The number of carbonyl (C=O) groups is 2. The van der Waals surface area contributed by atoms with Crippen LogP contribution in [0.5, 0.6) is 0 Å². The number of amides is 2. The summed E-state index contributed by atoms with van der Waals surface area (Å²) in [4.78, 5) is 25.5. The van der Waals surface area contributed by atoms with E-state index in [1.54, 1.807) is 11.8 Å². The molecule has 0 bridgehead atoms. The number of carbonyl (C=O) groups excluding carboxylic acids is 2. The van der Waals surface area contributed by atoms with Crippen molar-refractivity contribution in [3.8, 4) is 10.4 Å². The third kappa shape index (κ3) is 2.53. The third-order valence-corrected chi connectivity index (χ3v) is 5.66. The van der Waals surface area contributed by atoms with Gasteiger partial charge in [0.2, 0.25) is 5.91 Å². The van der Waals surface area contributed by atoms with Gasteiger partial charge in [0.15, 0.2) is 0 Å². The summed E-state index contributed by atoms with van der Waals surface area (Å²) in [5, 5.41) is 3.31. The zero-order valence-corrected chi connectivity index (χ0v) is 14.0. The van der Waals surface area contributed by atoms with Crippen LogP contribution in [-0.2, 0) is 17.6 Å². The first-order valence-corrected chi connectivity index (χ1v) is 8.95. The summed E-state index contributed by atoms with van der Waals surface area (Å²) in [6.45, 7) is 1.43. The van der Waals surface area contributed by atoms with Gasteiger partial charge in [0, 0.05) is 16.7 Å². The Morgan fingerprint density at radius 1 is 1.32 bits per heavy atom. The van der Waals surface area contributed by atoms with Gasteiger partial charge in [0.1, 0.15) is 5.00 Å². The minimum absolute atomic E-state index is 0.195. The molecule has 22 heavy (non-hydrogen) atoms. The molecule has 0 saturated carbocycles. The molecular weight excluding hydrogens is 316 g/mol. The third-order valence-electron chi connectivity index (χ3n) is 3.75. The molecule has 2 aromatic rings. The van der Waals surface area contributed by atoms with Crippen molar-refractivity contribution in [3.05, 3.63) is 34.9 Å². The van der Waals surface area contributed by atoms with Crippen molar-refractivity contribution >= 4 is 39.9 Å². The van der Waals surface area contributed by atoms with Gasteiger partial charge in [-0.3, -0.25) is 9.59 Å². The average molecular weight is 332 g/mol. The van der Waals surface area contributed by atoms with Crippen LogP contribution in [0.3, 0.4) is 0 Å². The Morgan fingerprint density at radius 3 is 2.73 bits per heavy atom. The van der Waals surface area contributed by atoms with Crippen molar-refractivity contribution in [1.29, 1.82) is 0 Å². The largest absolute Gasteiger partial charge is 0.365 e. The van der Waals surface area contributed by atoms with Gasteiger partial charge in [-0.25, -0.2) is 0 Å². The lowest BCUT2D eigenvalue weighted by atomic mass is 9.89. The summed E-state index contributed by atoms with van der Waals surface area (Å²) >= 11 is 3.13. The maximum Gasteiger partial charge on any atom is 0.252 e. The molecule has 0 unspecified atom stereocenters. The Labute approximate surface area is 137 Å². The first-order chi connectivity index (χ1) is 10.5. The Morgan fingerprint density at radius 2 is 2.09 bits per heavy atom. The number of thioether (sulfide) groups is 1. The van der Waals surface area contributed by atoms with E-state index >= 15 is 0 Å². The summed E-state index contributed by atoms with van der Waals surface area (Å²) in [5.74, 6) is -0.676. The number of aryl methyl sites for hydroxylation is 1. The number of hydrogen-bond donors (Lipinski definition) is 2. The normalized spacial score (nSPS) is 12.5. The second-order valence-corrected chi connectivity index (χ2v) is 7.08. The fourth-order valence-electron chi connectivity index (χ4n) is 2.80. The van der Waals surface area contributed by atoms with E-state index in [9.17, 15) is 9.59 Å². The molecule has 1 heterocycles. The molecule has 2 amide bonds. The number of fused-ring (bicyclic) bond motifs is 3. The van der Waals surface area contributed by atoms with E-state index in [-0.39, 0.29) is 5.91 Å². The van der Waals surface area contributed by atoms with Crippen LogP contribution < -0.4 is 11.1 Å². The smallest absolute Gasteiger partial charge is 0.252 e. The Balaban J connectivity index is 2.20. The molecule has 3 rings (SSSR count). The molecule has 1 aliphatic carbocycles. The number of benzene rings is 1. The number of nitrogens with two attached hydrogens (primary N) is 1. The monoisotopic (exact) mass is 332 g/mol. The standard InChI is InChI=1S/C16H16N2O2S2/c1-8(19)18-16-13(15(17)20)11-6-4-9-3-5-10(21-2)7-12(9)14(11)22-16/h3,5,7H,4,6H2,1-2H3,(H2,17,20)(H,18,19). The predicted octanol–water partition coefficient (Wildman–Crippen LogP) is 3.29. The van der Waals surface area contributed by atoms with E-state index in [1.807, 2.05) is 6.26 Å². The zero-order chi connectivity index (χ0) is 15.9. The maximum absolute atomic E-state index is 11.8. The van der Waals surface area contributed by atoms with E-state index in [0.29, 0.717) is 10.6 Å². The molecule has 4 nitrogen and oxygen atoms in total. The highest BCUT2D eigenvalue weighted by molar-refractivity contribution is 7.98. The van der Waals surface area contributed by atoms with Crippen LogP contribution in [-0.4, -0.2) is 18.1 Å². The quantitative estimate of drug-likeness (QED) is 0.847. The van der Waals surface area contributed by atoms with Crippen LogP contribution in [0.1, 0.15) is 28.4 Å². The minimum atomic E-state index is -0.481. The molecule has 0 aliphatic heterocycles. The van der Waals surface area contributed by atoms with Crippen LogP contribution in [0.2, 0.25) is 0 Å². The van der Waals surface area contributed by atoms with E-state index in [1.165, 1.54) is 28.7 Å². The summed E-state index contributed by atoms with van der Waals surface area (Å²) < 4.78 is 0. The van der Waals surface area contributed by atoms with Gasteiger partial charge in [-0.05, 0) is 47.9 Å². The number of primary amides is 1. The highest BCUT2D eigenvalue weighted by Gasteiger charge is 2.27. The number of rotatable bonds is 3. The second-order valence-electron chi connectivity index (χ2n) is 5.18. The summed E-state index contributed by atoms with van der Waals surface area (Å²) in [6.07, 6.45) is 3.69. The Bertz CT molecular complexity index is 781. The summed E-state index contributed by atoms with van der Waals surface area (Å²) in [7, 11) is 0. The van der Waals surface area contributed by atoms with Crippen molar-refractivity contribution in [1.82, 2.24) is 0 Å². The number of thiophene rings is 1. The molecule has 0 fully saturated rings. The van der Waals surface area contributed by atoms with Crippen LogP contribution in [0.25, 0.3) is 10.4 Å². The van der Waals surface area contributed by atoms with Crippen molar-refractivity contribution in [2.24, 2.45) is 5.73 Å². The van der Waals surface area contributed by atoms with Gasteiger partial charge in [-0.1, -0.05) is 6.07 Å². The van der Waals surface area contributed by atoms with Gasteiger partial charge >= 0.3 is 0 Å². The van der Waals surface area contributed by atoms with Crippen molar-refractivity contribution < 1.29 is 9.59 Å². The molecule has 114 valence electrons. The first kappa shape index (κ1) is 15.1. The molecule has 1 aromatic heterocycles. The lowest BCUT2D eigenvalue weighted by molar-refractivity contribution is -0.114. The zero-order valence-electron chi connectivity index (χ0n) is 12.4. The maximum atomic E-state index is 11.8. The Hall–Kier alpha value is -1.79. The van der Waals surface area contributed by atoms with Crippen molar-refractivity contribution in [2.45, 2.75) is 24.7 Å². The average Bonchev–Trinajstić information content (AvgIpc) is 2.84. The van der Waals surface area contributed by atoms with Gasteiger partial charge in [-0.15, -0.1) is 23.1 Å². The van der Waals surface area contributed by atoms with Crippen LogP contribution >= 0.6 is 23.1 Å². The number of anilines is 1. The fraction of sp³-hybridized carbons (Fsp3) is 0.250. The van der Waals surface area contributed by atoms with Gasteiger partial charge < -0.3 is 11.1 Å². The highest BCUT2D eigenvalue weighted by atomic mass is 32.2. The van der Waals surface area contributed by atoms with E-state index in [2.05, 4.69) is 23.5 Å². The van der Waals surface area contributed by atoms with Crippen molar-refractivity contribution in [2.75, 3.05) is 11.6 Å². The molecule has 1 aromatic carbocycles. The van der Waals surface area contributed by atoms with Gasteiger partial charge in [-0.2, -0.15) is 0 Å². The first-order valence-electron chi connectivity index (χ1n) is 6.91. The molecule has 3 N–H and O–H groups in total. The SMILES string of the molecule is CSc1ccc2c(c1)-c1sc(NC(C)=O)c(C(N)=O)c1CC2. The van der Waals surface area contributed by atoms with E-state index < -0.39 is 5.91 Å². The molecule has 6 heteroatoms. The lowest BCUT2D eigenvalue weighted by Crippen LogP contribution is -2.17. The molecule has 0 saturated heterocycles. The molecule has 0 radical (unpaired) electrons. The molecule has 1 aliphatic rings. The van der Waals surface area contributed by atoms with Crippen LogP contribution in [0.4, 0.5) is 5.00 Å². The second kappa shape index (κ2) is 5.78. The molecule has 0 atom stereocenters. The summed E-state index contributed by atoms with van der Waals surface area (Å²) in [6, 6.07) is 6.41. The van der Waals surface area contributed by atoms with Crippen LogP contribution in [0, 0.1) is 0 Å². The van der Waals surface area contributed by atoms with Crippen molar-refractivity contribution in [3.63, 3.8) is 0 Å². The van der Waals surface area contributed by atoms with Crippen LogP contribution in [0.15, 0.2) is 23.1 Å². The number of nitrogens with one attached hydrogen (secondary N) is 1. The lowest BCUT2D eigenvalue weighted by Gasteiger charge is -2.17. The van der Waals surface area contributed by atoms with Gasteiger partial charge in [0.25, 0.3) is 5.91 Å². The number of hydrogen-bond acceptors (Lipinski definition) is 4. The predicted molar refractivity (Wildman–Crippen MR) is 91.8 cm³/mol. The molecule has 0 spiro atoms. The van der Waals surface area contributed by atoms with E-state index in [4.69, 9.17) is 5.73 Å². The summed E-state index contributed by atoms with van der Waals surface area (Å²) in [5.41, 5.74) is 9.41. The minimum Gasteiger partial charge on any atom is -0.365 e. The Kier molecular flexibility index (Phi) is 3.97. The highest BCUT2D eigenvalue weighted by Crippen LogP contribution is 2.45. The topological polar surface area (TPSA) is 72.2 Å². The fourth-order valence-corrected chi connectivity index (χ4v) is 4.59. The molecular formula is C16H16N2O2S2. The van der Waals surface area contributed by atoms with Gasteiger partial charge in [0.05, 0.1) is 5.56 Å².